The number of aryl methyl sites for hydroxylation is 3. The number of amides is 2. The molecule has 2 N–H and O–H groups in total. The molecule has 3 rings (SSSR count). The maximum atomic E-state index is 12.4. The van der Waals surface area contributed by atoms with Gasteiger partial charge in [-0.1, -0.05) is 41.5 Å². The van der Waals surface area contributed by atoms with E-state index in [9.17, 15) is 9.59 Å². The van der Waals surface area contributed by atoms with Crippen LogP contribution in [0.5, 0.6) is 0 Å². The van der Waals surface area contributed by atoms with E-state index in [1.54, 1.807) is 6.07 Å². The molecule has 0 unspecified atom stereocenters. The molecule has 0 aliphatic heterocycles. The number of carbonyl (C=O) groups is 2. The SMILES string of the molecule is Cc1cccc(C(=O)Nc2cccc(SCC(=O)Nc3ccc(C)cc3C)c2)c1. The van der Waals surface area contributed by atoms with Crippen molar-refractivity contribution in [1.29, 1.82) is 0 Å². The lowest BCUT2D eigenvalue weighted by Crippen LogP contribution is -2.15. The first-order valence-corrected chi connectivity index (χ1v) is 10.4. The molecule has 5 heteroatoms. The minimum absolute atomic E-state index is 0.0591. The van der Waals surface area contributed by atoms with Crippen LogP contribution in [0.1, 0.15) is 27.0 Å². The van der Waals surface area contributed by atoms with Crippen molar-refractivity contribution < 1.29 is 9.59 Å². The maximum absolute atomic E-state index is 12.4. The van der Waals surface area contributed by atoms with E-state index in [-0.39, 0.29) is 11.8 Å². The summed E-state index contributed by atoms with van der Waals surface area (Å²) < 4.78 is 0. The smallest absolute Gasteiger partial charge is 0.255 e. The summed E-state index contributed by atoms with van der Waals surface area (Å²) in [6, 6.07) is 20.9. The highest BCUT2D eigenvalue weighted by atomic mass is 32.2. The monoisotopic (exact) mass is 404 g/mol. The maximum Gasteiger partial charge on any atom is 0.255 e. The molecule has 0 heterocycles. The lowest BCUT2D eigenvalue weighted by molar-refractivity contribution is -0.113. The minimum Gasteiger partial charge on any atom is -0.325 e. The molecule has 0 spiro atoms. The lowest BCUT2D eigenvalue weighted by atomic mass is 10.1. The molecule has 3 aromatic carbocycles. The summed E-state index contributed by atoms with van der Waals surface area (Å²) in [5, 5.41) is 5.86. The van der Waals surface area contributed by atoms with Crippen molar-refractivity contribution in [3.8, 4) is 0 Å². The van der Waals surface area contributed by atoms with Crippen LogP contribution in [0.3, 0.4) is 0 Å². The molecule has 0 saturated carbocycles. The third-order valence-electron chi connectivity index (χ3n) is 4.40. The van der Waals surface area contributed by atoms with Crippen LogP contribution >= 0.6 is 11.8 Å². The van der Waals surface area contributed by atoms with Gasteiger partial charge < -0.3 is 10.6 Å². The van der Waals surface area contributed by atoms with Crippen LogP contribution in [-0.4, -0.2) is 17.6 Å². The zero-order valence-corrected chi connectivity index (χ0v) is 17.6. The second-order valence-corrected chi connectivity index (χ2v) is 8.06. The first kappa shape index (κ1) is 20.7. The molecule has 2 amide bonds. The van der Waals surface area contributed by atoms with E-state index in [0.717, 1.165) is 21.7 Å². The third-order valence-corrected chi connectivity index (χ3v) is 5.39. The molecular weight excluding hydrogens is 380 g/mol. The number of hydrogen-bond acceptors (Lipinski definition) is 3. The summed E-state index contributed by atoms with van der Waals surface area (Å²) in [5.74, 6) is 0.0855. The van der Waals surface area contributed by atoms with E-state index in [4.69, 9.17) is 0 Å². The van der Waals surface area contributed by atoms with Crippen LogP contribution < -0.4 is 10.6 Å². The van der Waals surface area contributed by atoms with Gasteiger partial charge in [0.1, 0.15) is 0 Å². The van der Waals surface area contributed by atoms with E-state index in [2.05, 4.69) is 10.6 Å². The fourth-order valence-electron chi connectivity index (χ4n) is 2.94. The van der Waals surface area contributed by atoms with Crippen LogP contribution in [0.4, 0.5) is 11.4 Å². The Morgan fingerprint density at radius 3 is 2.34 bits per heavy atom. The molecule has 0 atom stereocenters. The van der Waals surface area contributed by atoms with Gasteiger partial charge in [-0.2, -0.15) is 0 Å². The van der Waals surface area contributed by atoms with Gasteiger partial charge in [0, 0.05) is 21.8 Å². The first-order chi connectivity index (χ1) is 13.9. The molecule has 29 heavy (non-hydrogen) atoms. The Kier molecular flexibility index (Phi) is 6.73. The van der Waals surface area contributed by atoms with Crippen LogP contribution in [-0.2, 0) is 4.79 Å². The van der Waals surface area contributed by atoms with Gasteiger partial charge in [0.25, 0.3) is 5.91 Å². The van der Waals surface area contributed by atoms with Gasteiger partial charge in [-0.15, -0.1) is 11.8 Å². The lowest BCUT2D eigenvalue weighted by Gasteiger charge is -2.10. The number of carbonyl (C=O) groups excluding carboxylic acids is 2. The number of thioether (sulfide) groups is 1. The van der Waals surface area contributed by atoms with Gasteiger partial charge in [-0.3, -0.25) is 9.59 Å². The third kappa shape index (κ3) is 5.96. The molecule has 0 aromatic heterocycles. The molecule has 4 nitrogen and oxygen atoms in total. The fourth-order valence-corrected chi connectivity index (χ4v) is 3.70. The summed E-state index contributed by atoms with van der Waals surface area (Å²) >= 11 is 1.43. The fraction of sp³-hybridized carbons (Fsp3) is 0.167. The highest BCUT2D eigenvalue weighted by Crippen LogP contribution is 2.23. The molecule has 3 aromatic rings. The molecule has 148 valence electrons. The Balaban J connectivity index is 1.58. The Hall–Kier alpha value is -3.05. The number of nitrogens with one attached hydrogen (secondary N) is 2. The summed E-state index contributed by atoms with van der Waals surface area (Å²) in [6.07, 6.45) is 0. The molecule has 0 saturated heterocycles. The Morgan fingerprint density at radius 1 is 0.828 bits per heavy atom. The van der Waals surface area contributed by atoms with Gasteiger partial charge >= 0.3 is 0 Å². The normalized spacial score (nSPS) is 10.4. The predicted molar refractivity (Wildman–Crippen MR) is 121 cm³/mol. The van der Waals surface area contributed by atoms with E-state index >= 15 is 0 Å². The zero-order chi connectivity index (χ0) is 20.8. The van der Waals surface area contributed by atoms with Crippen molar-refractivity contribution in [1.82, 2.24) is 0 Å². The van der Waals surface area contributed by atoms with Crippen molar-refractivity contribution in [2.45, 2.75) is 25.7 Å². The summed E-state index contributed by atoms with van der Waals surface area (Å²) in [4.78, 5) is 25.6. The van der Waals surface area contributed by atoms with Crippen LogP contribution in [0.25, 0.3) is 0 Å². The second kappa shape index (κ2) is 9.43. The average Bonchev–Trinajstić information content (AvgIpc) is 2.69. The largest absolute Gasteiger partial charge is 0.325 e. The van der Waals surface area contributed by atoms with Crippen molar-refractivity contribution in [2.24, 2.45) is 0 Å². The quantitative estimate of drug-likeness (QED) is 0.526. The summed E-state index contributed by atoms with van der Waals surface area (Å²) in [5.41, 5.74) is 5.41. The zero-order valence-electron chi connectivity index (χ0n) is 16.8. The van der Waals surface area contributed by atoms with Gasteiger partial charge in [0.2, 0.25) is 5.91 Å². The van der Waals surface area contributed by atoms with Crippen LogP contribution in [0.2, 0.25) is 0 Å². The van der Waals surface area contributed by atoms with Gasteiger partial charge in [-0.05, 0) is 62.7 Å². The molecule has 0 fully saturated rings. The van der Waals surface area contributed by atoms with E-state index in [1.807, 2.05) is 81.4 Å². The number of benzene rings is 3. The standard InChI is InChI=1S/C24H24N2O2S/c1-16-6-4-7-19(13-16)24(28)25-20-8-5-9-21(14-20)29-15-23(27)26-22-11-10-17(2)12-18(22)3/h4-14H,15H2,1-3H3,(H,25,28)(H,26,27). The number of anilines is 2. The molecule has 0 radical (unpaired) electrons. The first-order valence-electron chi connectivity index (χ1n) is 9.39. The number of hydrogen-bond donors (Lipinski definition) is 2. The van der Waals surface area contributed by atoms with Crippen LogP contribution in [0, 0.1) is 20.8 Å². The van der Waals surface area contributed by atoms with Crippen molar-refractivity contribution in [3.63, 3.8) is 0 Å². The Labute approximate surface area is 175 Å². The summed E-state index contributed by atoms with van der Waals surface area (Å²) in [7, 11) is 0. The van der Waals surface area contributed by atoms with Crippen LogP contribution in [0.15, 0.2) is 71.6 Å². The molecule has 0 aliphatic carbocycles. The highest BCUT2D eigenvalue weighted by molar-refractivity contribution is 8.00. The minimum atomic E-state index is -0.150. The van der Waals surface area contributed by atoms with Gasteiger partial charge in [0.15, 0.2) is 0 Å². The van der Waals surface area contributed by atoms with Gasteiger partial charge in [0.05, 0.1) is 5.75 Å². The summed E-state index contributed by atoms with van der Waals surface area (Å²) in [6.45, 7) is 5.96. The number of rotatable bonds is 6. The van der Waals surface area contributed by atoms with Gasteiger partial charge in [-0.25, -0.2) is 0 Å². The molecule has 0 bridgehead atoms. The van der Waals surface area contributed by atoms with Crippen molar-refractivity contribution >= 4 is 35.0 Å². The predicted octanol–water partition coefficient (Wildman–Crippen LogP) is 5.59. The average molecular weight is 405 g/mol. The second-order valence-electron chi connectivity index (χ2n) is 7.01. The van der Waals surface area contributed by atoms with E-state index in [1.165, 1.54) is 17.3 Å². The van der Waals surface area contributed by atoms with E-state index < -0.39 is 0 Å². The van der Waals surface area contributed by atoms with Crippen molar-refractivity contribution in [2.75, 3.05) is 16.4 Å². The van der Waals surface area contributed by atoms with E-state index in [0.29, 0.717) is 17.0 Å². The highest BCUT2D eigenvalue weighted by Gasteiger charge is 2.09. The Morgan fingerprint density at radius 2 is 1.59 bits per heavy atom. The Bertz CT molecular complexity index is 1050. The molecular formula is C24H24N2O2S. The topological polar surface area (TPSA) is 58.2 Å². The molecule has 0 aliphatic rings. The van der Waals surface area contributed by atoms with Crippen molar-refractivity contribution in [3.05, 3.63) is 89.0 Å².